The molecule has 0 bridgehead atoms. The van der Waals surface area contributed by atoms with E-state index in [1.165, 1.54) is 10.4 Å². The van der Waals surface area contributed by atoms with Crippen LogP contribution >= 0.6 is 11.3 Å². The van der Waals surface area contributed by atoms with E-state index in [9.17, 15) is 14.4 Å². The Kier molecular flexibility index (Phi) is 6.83. The molecule has 0 aliphatic carbocycles. The van der Waals surface area contributed by atoms with Crippen LogP contribution in [-0.4, -0.2) is 47.4 Å². The molecule has 1 aromatic carbocycles. The maximum absolute atomic E-state index is 12.4. The first-order valence-corrected chi connectivity index (χ1v) is 11.5. The predicted octanol–water partition coefficient (Wildman–Crippen LogP) is 2.53. The molecule has 9 nitrogen and oxygen atoms in total. The molecule has 1 aliphatic rings. The summed E-state index contributed by atoms with van der Waals surface area (Å²) in [6.07, 6.45) is 2.81. The summed E-state index contributed by atoms with van der Waals surface area (Å²) in [5.41, 5.74) is 6.16. The highest BCUT2D eigenvalue weighted by Crippen LogP contribution is 2.35. The van der Waals surface area contributed by atoms with Gasteiger partial charge in [0.25, 0.3) is 11.8 Å². The van der Waals surface area contributed by atoms with Crippen LogP contribution in [0.5, 0.6) is 0 Å². The second-order valence-corrected chi connectivity index (χ2v) is 9.10. The first kappa shape index (κ1) is 22.7. The molecule has 1 fully saturated rings. The van der Waals surface area contributed by atoms with Gasteiger partial charge in [0, 0.05) is 23.5 Å². The van der Waals surface area contributed by atoms with Gasteiger partial charge in [0.15, 0.2) is 6.61 Å². The highest BCUT2D eigenvalue weighted by atomic mass is 32.1. The number of aryl methyl sites for hydroxylation is 2. The third-order valence-corrected chi connectivity index (χ3v) is 6.89. The lowest BCUT2D eigenvalue weighted by Crippen LogP contribution is -2.44. The Balaban J connectivity index is 1.24. The lowest BCUT2D eigenvalue weighted by molar-refractivity contribution is -0.153. The van der Waals surface area contributed by atoms with Crippen LogP contribution in [0.4, 0.5) is 5.82 Å². The molecule has 33 heavy (non-hydrogen) atoms. The van der Waals surface area contributed by atoms with Crippen LogP contribution in [0.25, 0.3) is 10.2 Å². The first-order chi connectivity index (χ1) is 15.9. The predicted molar refractivity (Wildman–Crippen MR) is 125 cm³/mol. The van der Waals surface area contributed by atoms with Crippen molar-refractivity contribution >= 4 is 45.2 Å². The highest BCUT2D eigenvalue weighted by Gasteiger charge is 2.28. The van der Waals surface area contributed by atoms with Crippen LogP contribution in [0.3, 0.4) is 0 Å². The molecule has 0 unspecified atom stereocenters. The summed E-state index contributed by atoms with van der Waals surface area (Å²) in [6.45, 7) is 5.04. The van der Waals surface area contributed by atoms with E-state index in [4.69, 9.17) is 4.74 Å². The molecule has 0 atom stereocenters. The third kappa shape index (κ3) is 5.11. The van der Waals surface area contributed by atoms with Crippen molar-refractivity contribution in [1.29, 1.82) is 0 Å². The fourth-order valence-corrected chi connectivity index (χ4v) is 4.80. The summed E-state index contributed by atoms with van der Waals surface area (Å²) in [7, 11) is 0. The number of ether oxygens (including phenoxy) is 1. The second kappa shape index (κ2) is 9.95. The van der Waals surface area contributed by atoms with Gasteiger partial charge in [-0.15, -0.1) is 11.3 Å². The molecule has 4 rings (SSSR count). The molecule has 10 heteroatoms. The van der Waals surface area contributed by atoms with E-state index in [0.29, 0.717) is 31.5 Å². The average Bonchev–Trinajstić information content (AvgIpc) is 3.15. The van der Waals surface area contributed by atoms with Gasteiger partial charge in [0.05, 0.1) is 11.3 Å². The summed E-state index contributed by atoms with van der Waals surface area (Å²) >= 11 is 1.66. The van der Waals surface area contributed by atoms with Crippen molar-refractivity contribution in [2.24, 2.45) is 5.92 Å². The normalized spacial score (nSPS) is 14.2. The first-order valence-electron chi connectivity index (χ1n) is 10.7. The highest BCUT2D eigenvalue weighted by molar-refractivity contribution is 7.18. The molecular weight excluding hydrogens is 442 g/mol. The number of carbonyl (C=O) groups is 3. The summed E-state index contributed by atoms with van der Waals surface area (Å²) < 4.78 is 5.17. The van der Waals surface area contributed by atoms with Gasteiger partial charge >= 0.3 is 5.97 Å². The van der Waals surface area contributed by atoms with E-state index >= 15 is 0 Å². The number of hydrogen-bond donors (Lipinski definition) is 2. The van der Waals surface area contributed by atoms with Crippen molar-refractivity contribution in [3.63, 3.8) is 0 Å². The third-order valence-electron chi connectivity index (χ3n) is 5.77. The quantitative estimate of drug-likeness (QED) is 0.438. The van der Waals surface area contributed by atoms with Gasteiger partial charge in [0.1, 0.15) is 17.0 Å². The van der Waals surface area contributed by atoms with Gasteiger partial charge < -0.3 is 9.64 Å². The molecule has 3 aromatic rings. The van der Waals surface area contributed by atoms with E-state index in [2.05, 4.69) is 39.6 Å². The summed E-state index contributed by atoms with van der Waals surface area (Å²) in [4.78, 5) is 49.6. The zero-order valence-corrected chi connectivity index (χ0v) is 19.3. The Bertz CT molecular complexity index is 1170. The number of piperidine rings is 1. The number of anilines is 1. The number of carbonyl (C=O) groups excluding carboxylic acids is 3. The number of nitrogens with one attached hydrogen (secondary N) is 2. The van der Waals surface area contributed by atoms with Crippen LogP contribution in [0.15, 0.2) is 36.7 Å². The van der Waals surface area contributed by atoms with Gasteiger partial charge in [-0.05, 0) is 44.4 Å². The lowest BCUT2D eigenvalue weighted by atomic mass is 9.97. The van der Waals surface area contributed by atoms with Crippen molar-refractivity contribution in [3.8, 4) is 0 Å². The molecule has 2 aromatic heterocycles. The molecule has 0 spiro atoms. The topological polar surface area (TPSA) is 114 Å². The van der Waals surface area contributed by atoms with Crippen molar-refractivity contribution in [2.45, 2.75) is 26.7 Å². The Morgan fingerprint density at radius 3 is 2.55 bits per heavy atom. The smallest absolute Gasteiger partial charge is 0.309 e. The maximum atomic E-state index is 12.4. The molecular formula is C23H25N5O4S. The van der Waals surface area contributed by atoms with Crippen LogP contribution in [0.2, 0.25) is 0 Å². The number of thiophene rings is 1. The second-order valence-electron chi connectivity index (χ2n) is 7.90. The SMILES string of the molecule is Cc1sc2ncnc(N3CCC(C(=O)OCC(=O)NNC(=O)c4ccccc4)CC3)c2c1C. The average molecular weight is 468 g/mol. The van der Waals surface area contributed by atoms with E-state index < -0.39 is 24.4 Å². The van der Waals surface area contributed by atoms with Gasteiger partial charge in [-0.2, -0.15) is 0 Å². The van der Waals surface area contributed by atoms with Gasteiger partial charge in [-0.3, -0.25) is 25.2 Å². The van der Waals surface area contributed by atoms with Crippen molar-refractivity contribution < 1.29 is 19.1 Å². The number of esters is 1. The number of rotatable bonds is 5. The van der Waals surface area contributed by atoms with Crippen LogP contribution in [0, 0.1) is 19.8 Å². The van der Waals surface area contributed by atoms with Crippen LogP contribution in [0.1, 0.15) is 33.6 Å². The minimum Gasteiger partial charge on any atom is -0.455 e. The van der Waals surface area contributed by atoms with E-state index in [-0.39, 0.29) is 5.92 Å². The van der Waals surface area contributed by atoms with Crippen molar-refractivity contribution in [2.75, 3.05) is 24.6 Å². The molecule has 0 radical (unpaired) electrons. The Labute approximate surface area is 195 Å². The van der Waals surface area contributed by atoms with Crippen LogP contribution in [-0.2, 0) is 14.3 Å². The number of amides is 2. The molecule has 1 saturated heterocycles. The number of hydrogen-bond acceptors (Lipinski definition) is 8. The molecule has 1 aliphatic heterocycles. The largest absolute Gasteiger partial charge is 0.455 e. The Morgan fingerprint density at radius 2 is 1.82 bits per heavy atom. The fraction of sp³-hybridized carbons (Fsp3) is 0.348. The molecule has 0 saturated carbocycles. The standard InChI is InChI=1S/C23H25N5O4S/c1-14-15(2)33-22-19(14)20(24-13-25-22)28-10-8-17(9-11-28)23(31)32-12-18(29)26-27-21(30)16-6-4-3-5-7-16/h3-7,13,17H,8-12H2,1-2H3,(H,26,29)(H,27,30). The summed E-state index contributed by atoms with van der Waals surface area (Å²) in [5.74, 6) is -0.832. The van der Waals surface area contributed by atoms with E-state index in [1.807, 2.05) is 0 Å². The van der Waals surface area contributed by atoms with E-state index in [0.717, 1.165) is 16.0 Å². The minimum atomic E-state index is -0.600. The Hall–Kier alpha value is -3.53. The van der Waals surface area contributed by atoms with Gasteiger partial charge in [0.2, 0.25) is 0 Å². The van der Waals surface area contributed by atoms with Gasteiger partial charge in [-0.1, -0.05) is 18.2 Å². The summed E-state index contributed by atoms with van der Waals surface area (Å²) in [5, 5.41) is 1.08. The lowest BCUT2D eigenvalue weighted by Gasteiger charge is -2.32. The Morgan fingerprint density at radius 1 is 1.09 bits per heavy atom. The van der Waals surface area contributed by atoms with E-state index in [1.54, 1.807) is 48.0 Å². The minimum absolute atomic E-state index is 0.282. The number of hydrazine groups is 1. The maximum Gasteiger partial charge on any atom is 0.309 e. The zero-order chi connectivity index (χ0) is 23.4. The number of fused-ring (bicyclic) bond motifs is 1. The van der Waals surface area contributed by atoms with Crippen molar-refractivity contribution in [1.82, 2.24) is 20.8 Å². The molecule has 2 amide bonds. The zero-order valence-electron chi connectivity index (χ0n) is 18.5. The molecule has 2 N–H and O–H groups in total. The molecule has 172 valence electrons. The van der Waals surface area contributed by atoms with Crippen molar-refractivity contribution in [3.05, 3.63) is 52.7 Å². The van der Waals surface area contributed by atoms with Gasteiger partial charge in [-0.25, -0.2) is 9.97 Å². The monoisotopic (exact) mass is 467 g/mol. The number of aromatic nitrogens is 2. The summed E-state index contributed by atoms with van der Waals surface area (Å²) in [6, 6.07) is 8.49. The van der Waals surface area contributed by atoms with Crippen LogP contribution < -0.4 is 15.8 Å². The fourth-order valence-electron chi connectivity index (χ4n) is 3.81. The molecule has 3 heterocycles. The number of nitrogens with zero attached hydrogens (tertiary/aromatic N) is 3. The number of benzene rings is 1.